The van der Waals surface area contributed by atoms with E-state index < -0.39 is 11.4 Å². The SMILES string of the molecule is COC(=O)N(C)[C@]1(C)C[C@H]([S+]([O-])N2CC3(CC(c4ccccc4)C3)C2)C1. The van der Waals surface area contributed by atoms with Crippen LogP contribution in [0.2, 0.25) is 0 Å². The van der Waals surface area contributed by atoms with E-state index in [0.29, 0.717) is 11.3 Å². The number of carbonyl (C=O) groups is 1. The fourth-order valence-corrected chi connectivity index (χ4v) is 7.17. The number of rotatable bonds is 4. The largest absolute Gasteiger partial charge is 0.598 e. The minimum absolute atomic E-state index is 0.162. The Bertz CT molecular complexity index is 663. The Labute approximate surface area is 159 Å². The van der Waals surface area contributed by atoms with Gasteiger partial charge >= 0.3 is 6.09 Å². The summed E-state index contributed by atoms with van der Waals surface area (Å²) in [4.78, 5) is 13.4. The van der Waals surface area contributed by atoms with E-state index in [-0.39, 0.29) is 16.9 Å². The Morgan fingerprint density at radius 1 is 1.23 bits per heavy atom. The average Bonchev–Trinajstić information content (AvgIpc) is 2.55. The first kappa shape index (κ1) is 18.1. The number of carbonyl (C=O) groups excluding carboxylic acids is 1. The Morgan fingerprint density at radius 2 is 1.85 bits per heavy atom. The molecule has 1 aromatic rings. The van der Waals surface area contributed by atoms with Gasteiger partial charge in [0.25, 0.3) is 0 Å². The number of ether oxygens (including phenoxy) is 1. The van der Waals surface area contributed by atoms with Crippen LogP contribution in [0.4, 0.5) is 4.79 Å². The molecule has 5 nitrogen and oxygen atoms in total. The molecule has 3 fully saturated rings. The van der Waals surface area contributed by atoms with Gasteiger partial charge in [0.2, 0.25) is 0 Å². The highest BCUT2D eigenvalue weighted by molar-refractivity contribution is 7.89. The highest BCUT2D eigenvalue weighted by Gasteiger charge is 2.60. The number of amides is 1. The molecule has 1 aliphatic heterocycles. The highest BCUT2D eigenvalue weighted by atomic mass is 32.2. The predicted molar refractivity (Wildman–Crippen MR) is 102 cm³/mol. The van der Waals surface area contributed by atoms with Crippen molar-refractivity contribution < 1.29 is 14.1 Å². The molecular weight excluding hydrogens is 348 g/mol. The van der Waals surface area contributed by atoms with Gasteiger partial charge in [-0.1, -0.05) is 30.3 Å². The van der Waals surface area contributed by atoms with E-state index in [1.807, 2.05) is 6.92 Å². The lowest BCUT2D eigenvalue weighted by Crippen LogP contribution is -2.67. The number of nitrogens with zero attached hydrogens (tertiary/aromatic N) is 2. The molecule has 6 heteroatoms. The van der Waals surface area contributed by atoms with E-state index in [4.69, 9.17) is 4.74 Å². The second-order valence-corrected chi connectivity index (χ2v) is 10.4. The lowest BCUT2D eigenvalue weighted by molar-refractivity contribution is -0.0283. The molecule has 1 amide bonds. The van der Waals surface area contributed by atoms with Crippen molar-refractivity contribution in [2.45, 2.75) is 49.3 Å². The standard InChI is InChI=1S/C20H28N2O3S/c1-19(21(2)18(23)25-3)11-17(12-19)26(24)22-13-20(14-22)9-16(10-20)15-7-5-4-6-8-15/h4-8,16-17H,9-14H2,1-3H3/t17-,19+,26?. The minimum atomic E-state index is -0.930. The molecule has 0 radical (unpaired) electrons. The van der Waals surface area contributed by atoms with Crippen molar-refractivity contribution >= 4 is 17.5 Å². The summed E-state index contributed by atoms with van der Waals surface area (Å²) in [5.41, 5.74) is 1.61. The summed E-state index contributed by atoms with van der Waals surface area (Å²) in [5.74, 6) is 0.674. The van der Waals surface area contributed by atoms with Gasteiger partial charge in [-0.15, -0.1) is 4.31 Å². The summed E-state index contributed by atoms with van der Waals surface area (Å²) < 4.78 is 19.8. The molecule has 0 bridgehead atoms. The Balaban J connectivity index is 1.24. The van der Waals surface area contributed by atoms with Gasteiger partial charge in [0.1, 0.15) is 5.25 Å². The number of hydrogen-bond acceptors (Lipinski definition) is 4. The third-order valence-electron chi connectivity index (χ3n) is 6.79. The minimum Gasteiger partial charge on any atom is -0.598 e. The van der Waals surface area contributed by atoms with Crippen LogP contribution < -0.4 is 0 Å². The Morgan fingerprint density at radius 3 is 2.42 bits per heavy atom. The second kappa shape index (κ2) is 6.43. The summed E-state index contributed by atoms with van der Waals surface area (Å²) in [5, 5.41) is 0.162. The van der Waals surface area contributed by atoms with E-state index in [2.05, 4.69) is 34.6 Å². The quantitative estimate of drug-likeness (QED) is 0.758. The van der Waals surface area contributed by atoms with Crippen molar-refractivity contribution in [3.05, 3.63) is 35.9 Å². The molecule has 1 heterocycles. The summed E-state index contributed by atoms with van der Waals surface area (Å²) in [6.07, 6.45) is 3.68. The molecule has 26 heavy (non-hydrogen) atoms. The monoisotopic (exact) mass is 376 g/mol. The second-order valence-electron chi connectivity index (χ2n) is 8.65. The van der Waals surface area contributed by atoms with Crippen LogP contribution in [-0.2, 0) is 16.1 Å². The first-order valence-electron chi connectivity index (χ1n) is 9.38. The van der Waals surface area contributed by atoms with Crippen molar-refractivity contribution in [1.82, 2.24) is 9.21 Å². The maximum Gasteiger partial charge on any atom is 0.409 e. The number of benzene rings is 1. The Kier molecular flexibility index (Phi) is 4.48. The summed E-state index contributed by atoms with van der Waals surface area (Å²) in [7, 11) is 3.17. The van der Waals surface area contributed by atoms with Gasteiger partial charge in [-0.25, -0.2) is 4.79 Å². The zero-order chi connectivity index (χ0) is 18.5. The van der Waals surface area contributed by atoms with Crippen molar-refractivity contribution in [3.63, 3.8) is 0 Å². The topological polar surface area (TPSA) is 55.8 Å². The fraction of sp³-hybridized carbons (Fsp3) is 0.650. The zero-order valence-corrected chi connectivity index (χ0v) is 16.6. The molecule has 1 aromatic carbocycles. The van der Waals surface area contributed by atoms with Crippen molar-refractivity contribution in [3.8, 4) is 0 Å². The molecule has 0 aromatic heterocycles. The van der Waals surface area contributed by atoms with Gasteiger partial charge in [0, 0.05) is 36.7 Å². The van der Waals surface area contributed by atoms with Gasteiger partial charge in [-0.05, 0) is 31.2 Å². The summed E-state index contributed by atoms with van der Waals surface area (Å²) >= 11 is -0.930. The summed E-state index contributed by atoms with van der Waals surface area (Å²) in [6, 6.07) is 10.7. The zero-order valence-electron chi connectivity index (χ0n) is 15.8. The molecule has 1 spiro atoms. The van der Waals surface area contributed by atoms with Crippen LogP contribution in [0.3, 0.4) is 0 Å². The third-order valence-corrected chi connectivity index (χ3v) is 8.46. The smallest absolute Gasteiger partial charge is 0.409 e. The molecule has 2 aliphatic carbocycles. The van der Waals surface area contributed by atoms with Crippen LogP contribution in [0.1, 0.15) is 44.1 Å². The fourth-order valence-electron chi connectivity index (χ4n) is 4.94. The molecule has 1 unspecified atom stereocenters. The van der Waals surface area contributed by atoms with Crippen LogP contribution in [0, 0.1) is 5.41 Å². The van der Waals surface area contributed by atoms with E-state index in [0.717, 1.165) is 25.9 Å². The first-order chi connectivity index (χ1) is 12.4. The lowest BCUT2D eigenvalue weighted by Gasteiger charge is -2.59. The predicted octanol–water partition coefficient (Wildman–Crippen LogP) is 3.15. The third kappa shape index (κ3) is 2.92. The molecule has 3 aliphatic rings. The van der Waals surface area contributed by atoms with E-state index >= 15 is 0 Å². The van der Waals surface area contributed by atoms with Crippen molar-refractivity contribution in [2.75, 3.05) is 27.2 Å². The molecule has 1 saturated heterocycles. The van der Waals surface area contributed by atoms with Gasteiger partial charge in [-0.3, -0.25) is 0 Å². The van der Waals surface area contributed by atoms with E-state index in [9.17, 15) is 9.35 Å². The van der Waals surface area contributed by atoms with Crippen molar-refractivity contribution in [2.24, 2.45) is 5.41 Å². The normalized spacial score (nSPS) is 31.5. The Hall–Kier alpha value is -1.24. The molecule has 0 N–H and O–H groups in total. The average molecular weight is 377 g/mol. The van der Waals surface area contributed by atoms with Crippen molar-refractivity contribution in [1.29, 1.82) is 0 Å². The maximum atomic E-state index is 12.8. The van der Waals surface area contributed by atoms with Crippen LogP contribution >= 0.6 is 0 Å². The number of methoxy groups -OCH3 is 1. The highest BCUT2D eigenvalue weighted by Crippen LogP contribution is 2.57. The van der Waals surface area contributed by atoms with Gasteiger partial charge in [0.05, 0.1) is 25.7 Å². The van der Waals surface area contributed by atoms with Crippen LogP contribution in [-0.4, -0.2) is 57.9 Å². The molecule has 142 valence electrons. The van der Waals surface area contributed by atoms with Gasteiger partial charge < -0.3 is 14.2 Å². The van der Waals surface area contributed by atoms with Crippen LogP contribution in [0.15, 0.2) is 30.3 Å². The molecule has 2 saturated carbocycles. The molecule has 1 atom stereocenters. The van der Waals surface area contributed by atoms with Crippen LogP contribution in [0.5, 0.6) is 0 Å². The van der Waals surface area contributed by atoms with E-state index in [1.54, 1.807) is 11.9 Å². The number of hydrogen-bond donors (Lipinski definition) is 0. The van der Waals surface area contributed by atoms with Gasteiger partial charge in [-0.2, -0.15) is 0 Å². The molecule has 4 rings (SSSR count). The first-order valence-corrected chi connectivity index (χ1v) is 10.6. The van der Waals surface area contributed by atoms with E-state index in [1.165, 1.54) is 25.5 Å². The maximum absolute atomic E-state index is 12.8. The van der Waals surface area contributed by atoms with Gasteiger partial charge in [0.15, 0.2) is 0 Å². The lowest BCUT2D eigenvalue weighted by atomic mass is 9.57. The van der Waals surface area contributed by atoms with Crippen LogP contribution in [0.25, 0.3) is 0 Å². The molecular formula is C20H28N2O3S. The summed E-state index contributed by atoms with van der Waals surface area (Å²) in [6.45, 7) is 3.97.